The van der Waals surface area contributed by atoms with Gasteiger partial charge < -0.3 is 9.47 Å². The SMILES string of the molecule is COc1cc(COc2ccccc2C)cc(F)c1C. The normalized spacial score (nSPS) is 10.3. The van der Waals surface area contributed by atoms with Crippen LogP contribution in [0.25, 0.3) is 0 Å². The second-order valence-corrected chi connectivity index (χ2v) is 4.46. The first-order valence-electron chi connectivity index (χ1n) is 6.13. The second kappa shape index (κ2) is 5.74. The maximum absolute atomic E-state index is 13.7. The summed E-state index contributed by atoms with van der Waals surface area (Å²) >= 11 is 0. The van der Waals surface area contributed by atoms with Crippen LogP contribution in [0, 0.1) is 19.7 Å². The lowest BCUT2D eigenvalue weighted by Crippen LogP contribution is -2.00. The summed E-state index contributed by atoms with van der Waals surface area (Å²) in [4.78, 5) is 0. The summed E-state index contributed by atoms with van der Waals surface area (Å²) in [7, 11) is 1.54. The van der Waals surface area contributed by atoms with Crippen molar-refractivity contribution in [3.8, 4) is 11.5 Å². The van der Waals surface area contributed by atoms with Crippen LogP contribution in [0.3, 0.4) is 0 Å². The van der Waals surface area contributed by atoms with Crippen LogP contribution < -0.4 is 9.47 Å². The first kappa shape index (κ1) is 13.4. The summed E-state index contributed by atoms with van der Waals surface area (Å²) in [5.74, 6) is 1.08. The Morgan fingerprint density at radius 2 is 1.79 bits per heavy atom. The largest absolute Gasteiger partial charge is 0.496 e. The molecule has 2 rings (SSSR count). The monoisotopic (exact) mass is 260 g/mol. The van der Waals surface area contributed by atoms with E-state index < -0.39 is 0 Å². The Morgan fingerprint density at radius 1 is 1.05 bits per heavy atom. The summed E-state index contributed by atoms with van der Waals surface area (Å²) in [5, 5.41) is 0. The molecule has 0 bridgehead atoms. The minimum atomic E-state index is -0.275. The zero-order valence-electron chi connectivity index (χ0n) is 11.4. The minimum absolute atomic E-state index is 0.275. The molecule has 0 amide bonds. The van der Waals surface area contributed by atoms with Crippen LogP contribution in [0.15, 0.2) is 36.4 Å². The molecule has 0 N–H and O–H groups in total. The maximum atomic E-state index is 13.7. The molecular weight excluding hydrogens is 243 g/mol. The molecule has 2 nitrogen and oxygen atoms in total. The molecule has 0 fully saturated rings. The molecule has 3 heteroatoms. The fourth-order valence-electron chi connectivity index (χ4n) is 1.88. The van der Waals surface area contributed by atoms with E-state index in [0.29, 0.717) is 17.9 Å². The molecule has 0 saturated heterocycles. The highest BCUT2D eigenvalue weighted by atomic mass is 19.1. The van der Waals surface area contributed by atoms with Crippen LogP contribution in [0.1, 0.15) is 16.7 Å². The third-order valence-corrected chi connectivity index (χ3v) is 3.06. The number of para-hydroxylation sites is 1. The third-order valence-electron chi connectivity index (χ3n) is 3.06. The predicted octanol–water partition coefficient (Wildman–Crippen LogP) is 4.03. The quantitative estimate of drug-likeness (QED) is 0.826. The van der Waals surface area contributed by atoms with E-state index in [4.69, 9.17) is 9.47 Å². The zero-order valence-corrected chi connectivity index (χ0v) is 11.4. The van der Waals surface area contributed by atoms with E-state index in [9.17, 15) is 4.39 Å². The van der Waals surface area contributed by atoms with Crippen LogP contribution in [-0.4, -0.2) is 7.11 Å². The van der Waals surface area contributed by atoms with Gasteiger partial charge in [-0.1, -0.05) is 18.2 Å². The average molecular weight is 260 g/mol. The smallest absolute Gasteiger partial charge is 0.130 e. The van der Waals surface area contributed by atoms with Crippen LogP contribution >= 0.6 is 0 Å². The lowest BCUT2D eigenvalue weighted by atomic mass is 10.1. The molecule has 0 atom stereocenters. The summed E-state index contributed by atoms with van der Waals surface area (Å²) in [6.07, 6.45) is 0. The Balaban J connectivity index is 2.16. The van der Waals surface area contributed by atoms with Gasteiger partial charge >= 0.3 is 0 Å². The Kier molecular flexibility index (Phi) is 4.05. The first-order valence-corrected chi connectivity index (χ1v) is 6.13. The fraction of sp³-hybridized carbons (Fsp3) is 0.250. The van der Waals surface area contributed by atoms with Crippen molar-refractivity contribution in [3.05, 3.63) is 58.9 Å². The summed E-state index contributed by atoms with van der Waals surface area (Å²) in [6.45, 7) is 3.99. The predicted molar refractivity (Wildman–Crippen MR) is 73.2 cm³/mol. The van der Waals surface area contributed by atoms with Gasteiger partial charge in [-0.3, -0.25) is 0 Å². The zero-order chi connectivity index (χ0) is 13.8. The van der Waals surface area contributed by atoms with Gasteiger partial charge in [0.1, 0.15) is 23.9 Å². The average Bonchev–Trinajstić information content (AvgIpc) is 2.41. The van der Waals surface area contributed by atoms with Crippen molar-refractivity contribution in [2.24, 2.45) is 0 Å². The molecule has 0 aliphatic rings. The van der Waals surface area contributed by atoms with Gasteiger partial charge in [-0.2, -0.15) is 0 Å². The minimum Gasteiger partial charge on any atom is -0.496 e. The van der Waals surface area contributed by atoms with E-state index in [0.717, 1.165) is 16.9 Å². The molecule has 2 aromatic carbocycles. The number of halogens is 1. The summed E-state index contributed by atoms with van der Waals surface area (Å²) < 4.78 is 24.5. The van der Waals surface area contributed by atoms with Gasteiger partial charge in [-0.25, -0.2) is 4.39 Å². The first-order chi connectivity index (χ1) is 9.11. The van der Waals surface area contributed by atoms with E-state index in [1.165, 1.54) is 13.2 Å². The van der Waals surface area contributed by atoms with E-state index in [-0.39, 0.29) is 5.82 Å². The third kappa shape index (κ3) is 3.05. The molecule has 0 saturated carbocycles. The van der Waals surface area contributed by atoms with Crippen molar-refractivity contribution < 1.29 is 13.9 Å². The number of hydrogen-bond donors (Lipinski definition) is 0. The highest BCUT2D eigenvalue weighted by Crippen LogP contribution is 2.24. The van der Waals surface area contributed by atoms with E-state index in [2.05, 4.69) is 0 Å². The molecule has 0 radical (unpaired) electrons. The van der Waals surface area contributed by atoms with Crippen molar-refractivity contribution >= 4 is 0 Å². The molecule has 19 heavy (non-hydrogen) atoms. The summed E-state index contributed by atoms with van der Waals surface area (Å²) in [6, 6.07) is 11.0. The Morgan fingerprint density at radius 3 is 2.47 bits per heavy atom. The molecular formula is C16H17FO2. The molecule has 0 aromatic heterocycles. The number of rotatable bonds is 4. The van der Waals surface area contributed by atoms with E-state index >= 15 is 0 Å². The van der Waals surface area contributed by atoms with E-state index in [1.54, 1.807) is 13.0 Å². The van der Waals surface area contributed by atoms with Gasteiger partial charge in [0.15, 0.2) is 0 Å². The fourth-order valence-corrected chi connectivity index (χ4v) is 1.88. The Bertz CT molecular complexity index is 579. The number of hydrogen-bond acceptors (Lipinski definition) is 2. The highest BCUT2D eigenvalue weighted by molar-refractivity contribution is 5.38. The van der Waals surface area contributed by atoms with Crippen LogP contribution in [0.2, 0.25) is 0 Å². The number of benzene rings is 2. The van der Waals surface area contributed by atoms with Crippen molar-refractivity contribution in [2.75, 3.05) is 7.11 Å². The lowest BCUT2D eigenvalue weighted by molar-refractivity contribution is 0.302. The molecule has 0 spiro atoms. The summed E-state index contributed by atoms with van der Waals surface area (Å²) in [5.41, 5.74) is 2.33. The number of methoxy groups -OCH3 is 1. The molecule has 2 aromatic rings. The number of ether oxygens (including phenoxy) is 2. The van der Waals surface area contributed by atoms with Gasteiger partial charge in [0.2, 0.25) is 0 Å². The van der Waals surface area contributed by atoms with Gasteiger partial charge in [0, 0.05) is 5.56 Å². The molecule has 0 unspecified atom stereocenters. The van der Waals surface area contributed by atoms with Crippen molar-refractivity contribution in [1.82, 2.24) is 0 Å². The van der Waals surface area contributed by atoms with Gasteiger partial charge in [-0.15, -0.1) is 0 Å². The topological polar surface area (TPSA) is 18.5 Å². The van der Waals surface area contributed by atoms with Crippen molar-refractivity contribution in [1.29, 1.82) is 0 Å². The molecule has 0 aliphatic heterocycles. The van der Waals surface area contributed by atoms with Crippen molar-refractivity contribution in [2.45, 2.75) is 20.5 Å². The second-order valence-electron chi connectivity index (χ2n) is 4.46. The molecule has 0 heterocycles. The van der Waals surface area contributed by atoms with Gasteiger partial charge in [0.25, 0.3) is 0 Å². The van der Waals surface area contributed by atoms with Crippen LogP contribution in [0.5, 0.6) is 11.5 Å². The lowest BCUT2D eigenvalue weighted by Gasteiger charge is -2.11. The maximum Gasteiger partial charge on any atom is 0.130 e. The standard InChI is InChI=1S/C16H17FO2/c1-11-6-4-5-7-15(11)19-10-13-8-14(17)12(2)16(9-13)18-3/h4-9H,10H2,1-3H3. The highest BCUT2D eigenvalue weighted by Gasteiger charge is 2.08. The Labute approximate surface area is 112 Å². The van der Waals surface area contributed by atoms with Gasteiger partial charge in [-0.05, 0) is 43.2 Å². The van der Waals surface area contributed by atoms with Crippen molar-refractivity contribution in [3.63, 3.8) is 0 Å². The molecule has 100 valence electrons. The van der Waals surface area contributed by atoms with Crippen LogP contribution in [0.4, 0.5) is 4.39 Å². The Hall–Kier alpha value is -2.03. The van der Waals surface area contributed by atoms with Crippen LogP contribution in [-0.2, 0) is 6.61 Å². The number of aryl methyl sites for hydroxylation is 1. The van der Waals surface area contributed by atoms with Gasteiger partial charge in [0.05, 0.1) is 7.11 Å². The molecule has 0 aliphatic carbocycles. The van der Waals surface area contributed by atoms with E-state index in [1.807, 2.05) is 31.2 Å².